The molecule has 0 aliphatic rings. The van der Waals surface area contributed by atoms with Crippen LogP contribution in [0.3, 0.4) is 0 Å². The SMILES string of the molecule is O=C(Nc1cccc(Cl)c1)NC(CO)CO. The van der Waals surface area contributed by atoms with Crippen LogP contribution in [0.25, 0.3) is 0 Å². The van der Waals surface area contributed by atoms with Gasteiger partial charge in [0.15, 0.2) is 0 Å². The van der Waals surface area contributed by atoms with Crippen molar-refractivity contribution in [2.75, 3.05) is 18.5 Å². The number of hydrogen-bond donors (Lipinski definition) is 4. The number of aliphatic hydroxyl groups excluding tert-OH is 2. The zero-order valence-electron chi connectivity index (χ0n) is 8.48. The Balaban J connectivity index is 2.51. The van der Waals surface area contributed by atoms with Crippen LogP contribution in [0.1, 0.15) is 0 Å². The predicted octanol–water partition coefficient (Wildman–Crippen LogP) is 0.815. The van der Waals surface area contributed by atoms with Crippen LogP contribution in [0.15, 0.2) is 24.3 Å². The van der Waals surface area contributed by atoms with E-state index >= 15 is 0 Å². The van der Waals surface area contributed by atoms with E-state index in [0.29, 0.717) is 10.7 Å². The number of carbonyl (C=O) groups excluding carboxylic acids is 1. The van der Waals surface area contributed by atoms with Crippen LogP contribution in [0, 0.1) is 0 Å². The Morgan fingerprint density at radius 3 is 2.62 bits per heavy atom. The van der Waals surface area contributed by atoms with Gasteiger partial charge in [-0.05, 0) is 18.2 Å². The average molecular weight is 245 g/mol. The Kier molecular flexibility index (Phi) is 5.04. The van der Waals surface area contributed by atoms with Crippen molar-refractivity contribution >= 4 is 23.3 Å². The zero-order chi connectivity index (χ0) is 12.0. The highest BCUT2D eigenvalue weighted by atomic mass is 35.5. The van der Waals surface area contributed by atoms with Gasteiger partial charge in [-0.3, -0.25) is 0 Å². The first-order chi connectivity index (χ1) is 7.65. The Hall–Kier alpha value is -1.30. The molecule has 2 amide bonds. The number of nitrogens with one attached hydrogen (secondary N) is 2. The minimum absolute atomic E-state index is 0.320. The van der Waals surface area contributed by atoms with Gasteiger partial charge in [-0.25, -0.2) is 4.79 Å². The molecule has 0 heterocycles. The monoisotopic (exact) mass is 244 g/mol. The van der Waals surface area contributed by atoms with E-state index in [-0.39, 0.29) is 13.2 Å². The molecule has 4 N–H and O–H groups in total. The number of rotatable bonds is 4. The molecule has 0 aliphatic heterocycles. The molecule has 0 spiro atoms. The normalized spacial score (nSPS) is 10.2. The summed E-state index contributed by atoms with van der Waals surface area (Å²) in [6.45, 7) is -0.640. The van der Waals surface area contributed by atoms with Gasteiger partial charge in [-0.1, -0.05) is 17.7 Å². The summed E-state index contributed by atoms with van der Waals surface area (Å²) in [5.74, 6) is 0. The molecule has 0 aliphatic carbocycles. The summed E-state index contributed by atoms with van der Waals surface area (Å²) in [5.41, 5.74) is 0.541. The lowest BCUT2D eigenvalue weighted by Crippen LogP contribution is -2.42. The highest BCUT2D eigenvalue weighted by molar-refractivity contribution is 6.30. The van der Waals surface area contributed by atoms with Gasteiger partial charge in [-0.15, -0.1) is 0 Å². The molecule has 1 rings (SSSR count). The standard InChI is InChI=1S/C10H13ClN2O3/c11-7-2-1-3-8(4-7)12-10(16)13-9(5-14)6-15/h1-4,9,14-15H,5-6H2,(H2,12,13,16). The second-order valence-corrected chi connectivity index (χ2v) is 3.61. The summed E-state index contributed by atoms with van der Waals surface area (Å²) in [4.78, 5) is 11.4. The minimum Gasteiger partial charge on any atom is -0.394 e. The van der Waals surface area contributed by atoms with Crippen molar-refractivity contribution in [2.24, 2.45) is 0 Å². The van der Waals surface area contributed by atoms with Crippen molar-refractivity contribution < 1.29 is 15.0 Å². The van der Waals surface area contributed by atoms with E-state index < -0.39 is 12.1 Å². The minimum atomic E-state index is -0.667. The van der Waals surface area contributed by atoms with Gasteiger partial charge in [-0.2, -0.15) is 0 Å². The van der Waals surface area contributed by atoms with Gasteiger partial charge in [0.05, 0.1) is 19.3 Å². The molecule has 0 fully saturated rings. The maximum absolute atomic E-state index is 11.4. The van der Waals surface area contributed by atoms with Crippen molar-refractivity contribution in [3.8, 4) is 0 Å². The van der Waals surface area contributed by atoms with Gasteiger partial charge >= 0.3 is 6.03 Å². The van der Waals surface area contributed by atoms with Crippen LogP contribution in [-0.2, 0) is 0 Å². The third-order valence-electron chi connectivity index (χ3n) is 1.86. The first-order valence-electron chi connectivity index (χ1n) is 4.70. The second-order valence-electron chi connectivity index (χ2n) is 3.17. The molecule has 0 atom stereocenters. The predicted molar refractivity (Wildman–Crippen MR) is 61.6 cm³/mol. The molecular weight excluding hydrogens is 232 g/mol. The number of aliphatic hydroxyl groups is 2. The zero-order valence-corrected chi connectivity index (χ0v) is 9.24. The first kappa shape index (κ1) is 12.8. The van der Waals surface area contributed by atoms with E-state index in [0.717, 1.165) is 0 Å². The molecule has 0 bridgehead atoms. The number of benzene rings is 1. The smallest absolute Gasteiger partial charge is 0.319 e. The molecule has 0 saturated carbocycles. The Labute approximate surface area is 98.0 Å². The molecule has 5 nitrogen and oxygen atoms in total. The highest BCUT2D eigenvalue weighted by Gasteiger charge is 2.09. The number of halogens is 1. The van der Waals surface area contributed by atoms with Crippen molar-refractivity contribution in [2.45, 2.75) is 6.04 Å². The molecule has 0 aromatic heterocycles. The molecule has 1 aromatic rings. The van der Waals surface area contributed by atoms with Crippen LogP contribution < -0.4 is 10.6 Å². The van der Waals surface area contributed by atoms with Crippen LogP contribution in [0.2, 0.25) is 5.02 Å². The van der Waals surface area contributed by atoms with Gasteiger partial charge in [0.25, 0.3) is 0 Å². The van der Waals surface area contributed by atoms with Gasteiger partial charge in [0, 0.05) is 10.7 Å². The topological polar surface area (TPSA) is 81.6 Å². The molecule has 0 radical (unpaired) electrons. The summed E-state index contributed by atoms with van der Waals surface area (Å²) < 4.78 is 0. The fraction of sp³-hybridized carbons (Fsp3) is 0.300. The lowest BCUT2D eigenvalue weighted by molar-refractivity contribution is 0.172. The fourth-order valence-corrected chi connectivity index (χ4v) is 1.26. The van der Waals surface area contributed by atoms with E-state index in [2.05, 4.69) is 10.6 Å². The van der Waals surface area contributed by atoms with E-state index in [1.807, 2.05) is 0 Å². The van der Waals surface area contributed by atoms with Gasteiger partial charge < -0.3 is 20.8 Å². The van der Waals surface area contributed by atoms with Crippen molar-refractivity contribution in [1.82, 2.24) is 5.32 Å². The van der Waals surface area contributed by atoms with E-state index in [9.17, 15) is 4.79 Å². The summed E-state index contributed by atoms with van der Waals surface area (Å²) in [6.07, 6.45) is 0. The van der Waals surface area contributed by atoms with Crippen molar-refractivity contribution in [1.29, 1.82) is 0 Å². The Morgan fingerprint density at radius 2 is 2.06 bits per heavy atom. The van der Waals surface area contributed by atoms with Gasteiger partial charge in [0.1, 0.15) is 0 Å². The third kappa shape index (κ3) is 4.06. The highest BCUT2D eigenvalue weighted by Crippen LogP contribution is 2.14. The summed E-state index contributed by atoms with van der Waals surface area (Å²) in [6, 6.07) is 5.49. The quantitative estimate of drug-likeness (QED) is 0.633. The van der Waals surface area contributed by atoms with E-state index in [1.54, 1.807) is 24.3 Å². The number of amides is 2. The Bertz CT molecular complexity index is 356. The molecule has 6 heteroatoms. The maximum atomic E-state index is 11.4. The number of hydrogen-bond acceptors (Lipinski definition) is 3. The lowest BCUT2D eigenvalue weighted by atomic mass is 10.3. The van der Waals surface area contributed by atoms with Gasteiger partial charge in [0.2, 0.25) is 0 Å². The van der Waals surface area contributed by atoms with E-state index in [1.165, 1.54) is 0 Å². The van der Waals surface area contributed by atoms with E-state index in [4.69, 9.17) is 21.8 Å². The number of carbonyl (C=O) groups is 1. The third-order valence-corrected chi connectivity index (χ3v) is 2.09. The second kappa shape index (κ2) is 6.32. The Morgan fingerprint density at radius 1 is 1.38 bits per heavy atom. The van der Waals surface area contributed by atoms with Crippen LogP contribution in [-0.4, -0.2) is 35.5 Å². The van der Waals surface area contributed by atoms with Crippen LogP contribution >= 0.6 is 11.6 Å². The number of urea groups is 1. The van der Waals surface area contributed by atoms with Crippen LogP contribution in [0.5, 0.6) is 0 Å². The molecule has 16 heavy (non-hydrogen) atoms. The maximum Gasteiger partial charge on any atom is 0.319 e. The first-order valence-corrected chi connectivity index (χ1v) is 5.08. The average Bonchev–Trinajstić information content (AvgIpc) is 2.26. The lowest BCUT2D eigenvalue weighted by Gasteiger charge is -2.14. The number of anilines is 1. The molecule has 88 valence electrons. The summed E-state index contributed by atoms with van der Waals surface area (Å²) in [5, 5.41) is 23.0. The summed E-state index contributed by atoms with van der Waals surface area (Å²) >= 11 is 5.74. The van der Waals surface area contributed by atoms with Crippen molar-refractivity contribution in [3.05, 3.63) is 29.3 Å². The fourth-order valence-electron chi connectivity index (χ4n) is 1.07. The largest absolute Gasteiger partial charge is 0.394 e. The molecule has 0 saturated heterocycles. The molecular formula is C10H13ClN2O3. The molecule has 0 unspecified atom stereocenters. The van der Waals surface area contributed by atoms with Crippen LogP contribution in [0.4, 0.5) is 10.5 Å². The summed E-state index contributed by atoms with van der Waals surface area (Å²) in [7, 11) is 0. The van der Waals surface area contributed by atoms with Crippen molar-refractivity contribution in [3.63, 3.8) is 0 Å². The molecule has 1 aromatic carbocycles.